The molecule has 1 atom stereocenters. The average Bonchev–Trinajstić information content (AvgIpc) is 2.35. The van der Waals surface area contributed by atoms with Crippen LogP contribution in [0.3, 0.4) is 0 Å². The Morgan fingerprint density at radius 1 is 1.27 bits per heavy atom. The number of halogens is 2. The summed E-state index contributed by atoms with van der Waals surface area (Å²) in [6.45, 7) is 3.51. The van der Waals surface area contributed by atoms with Crippen LogP contribution in [0, 0.1) is 0 Å². The molecular formula is C15H19F2NO4. The van der Waals surface area contributed by atoms with E-state index in [-0.39, 0.29) is 5.75 Å². The second-order valence-electron chi connectivity index (χ2n) is 5.85. The van der Waals surface area contributed by atoms with Gasteiger partial charge in [0.15, 0.2) is 0 Å². The Kier molecular flexibility index (Phi) is 5.46. The molecule has 1 unspecified atom stereocenters. The monoisotopic (exact) mass is 315 g/mol. The number of nitrogens with one attached hydrogen (secondary N) is 1. The lowest BCUT2D eigenvalue weighted by atomic mass is 9.93. The Morgan fingerprint density at radius 3 is 2.41 bits per heavy atom. The highest BCUT2D eigenvalue weighted by Gasteiger charge is 2.31. The van der Waals surface area contributed by atoms with Crippen molar-refractivity contribution in [3.63, 3.8) is 0 Å². The van der Waals surface area contributed by atoms with Crippen LogP contribution in [0.2, 0.25) is 0 Å². The molecule has 0 aromatic heterocycles. The summed E-state index contributed by atoms with van der Waals surface area (Å²) in [5, 5.41) is 2.42. The van der Waals surface area contributed by atoms with Crippen molar-refractivity contribution in [3.8, 4) is 5.75 Å². The number of rotatable bonds is 5. The molecule has 1 N–H and O–H groups in total. The van der Waals surface area contributed by atoms with Gasteiger partial charge in [-0.25, -0.2) is 4.79 Å². The van der Waals surface area contributed by atoms with Gasteiger partial charge in [0.1, 0.15) is 23.2 Å². The molecule has 0 heterocycles. The van der Waals surface area contributed by atoms with Gasteiger partial charge in [0.2, 0.25) is 0 Å². The van der Waals surface area contributed by atoms with Crippen LogP contribution in [0.15, 0.2) is 24.3 Å². The van der Waals surface area contributed by atoms with E-state index in [1.807, 2.05) is 0 Å². The normalized spacial score (nSPS) is 14.1. The highest BCUT2D eigenvalue weighted by Crippen LogP contribution is 2.24. The smallest absolute Gasteiger partial charge is 0.408 e. The molecule has 0 bridgehead atoms. The lowest BCUT2D eigenvalue weighted by Gasteiger charge is -2.28. The highest BCUT2D eigenvalue weighted by atomic mass is 19.3. The number of ether oxygens (including phenoxy) is 2. The quantitative estimate of drug-likeness (QED) is 0.847. The summed E-state index contributed by atoms with van der Waals surface area (Å²) in [6, 6.07) is 5.56. The first-order valence-electron chi connectivity index (χ1n) is 6.58. The predicted molar refractivity (Wildman–Crippen MR) is 75.9 cm³/mol. The summed E-state index contributed by atoms with van der Waals surface area (Å²) in [5.41, 5.74) is -1.86. The molecule has 22 heavy (non-hydrogen) atoms. The third-order valence-corrected chi connectivity index (χ3v) is 2.66. The van der Waals surface area contributed by atoms with Gasteiger partial charge < -0.3 is 19.6 Å². The third-order valence-electron chi connectivity index (χ3n) is 2.66. The van der Waals surface area contributed by atoms with Crippen LogP contribution in [-0.2, 0) is 15.1 Å². The van der Waals surface area contributed by atoms with E-state index in [1.165, 1.54) is 31.2 Å². The summed E-state index contributed by atoms with van der Waals surface area (Å²) in [5.74, 6) is -0.105. The van der Waals surface area contributed by atoms with Gasteiger partial charge in [0.05, 0.1) is 0 Å². The molecule has 1 amide bonds. The van der Waals surface area contributed by atoms with E-state index < -0.39 is 23.8 Å². The highest BCUT2D eigenvalue weighted by molar-refractivity contribution is 5.78. The van der Waals surface area contributed by atoms with E-state index >= 15 is 0 Å². The Hall–Kier alpha value is -2.18. The van der Waals surface area contributed by atoms with Crippen LogP contribution < -0.4 is 10.1 Å². The van der Waals surface area contributed by atoms with E-state index in [4.69, 9.17) is 4.74 Å². The number of carbonyl (C=O) groups excluding carboxylic acids is 2. The molecule has 1 aromatic carbocycles. The number of hydrogen-bond acceptors (Lipinski definition) is 4. The number of hydrogen-bond donors (Lipinski definition) is 1. The number of alkyl halides is 2. The standard InChI is InChI=1S/C15H19F2NO4/c1-14(2,3)22-13(20)18-15(4,9-19)10-6-5-7-11(8-10)21-12(16)17/h5-9,12H,1-4H3,(H,18,20). The minimum atomic E-state index is -2.98. The van der Waals surface area contributed by atoms with E-state index in [2.05, 4.69) is 10.1 Å². The zero-order chi connectivity index (χ0) is 17.0. The number of carbonyl (C=O) groups is 2. The molecule has 0 aliphatic heterocycles. The molecular weight excluding hydrogens is 296 g/mol. The van der Waals surface area contributed by atoms with Gasteiger partial charge in [0.25, 0.3) is 0 Å². The maximum absolute atomic E-state index is 12.2. The molecule has 0 fully saturated rings. The Labute approximate surface area is 127 Å². The molecule has 7 heteroatoms. The van der Waals surface area contributed by atoms with E-state index in [1.54, 1.807) is 20.8 Å². The molecule has 0 saturated heterocycles. The summed E-state index contributed by atoms with van der Waals surface area (Å²) in [6.07, 6.45) is -0.291. The van der Waals surface area contributed by atoms with Crippen LogP contribution >= 0.6 is 0 Å². The van der Waals surface area contributed by atoms with Gasteiger partial charge in [-0.3, -0.25) is 0 Å². The Balaban J connectivity index is 2.98. The number of benzene rings is 1. The maximum atomic E-state index is 12.2. The molecule has 1 aromatic rings. The van der Waals surface area contributed by atoms with Crippen molar-refractivity contribution >= 4 is 12.4 Å². The first kappa shape index (κ1) is 17.9. The number of aldehydes is 1. The summed E-state index contributed by atoms with van der Waals surface area (Å²) in [4.78, 5) is 23.2. The molecule has 0 radical (unpaired) electrons. The van der Waals surface area contributed by atoms with Gasteiger partial charge in [-0.1, -0.05) is 12.1 Å². The average molecular weight is 315 g/mol. The topological polar surface area (TPSA) is 64.6 Å². The Bertz CT molecular complexity index is 543. The van der Waals surface area contributed by atoms with Crippen molar-refractivity contribution in [3.05, 3.63) is 29.8 Å². The van der Waals surface area contributed by atoms with Crippen LogP contribution in [0.25, 0.3) is 0 Å². The van der Waals surface area contributed by atoms with Gasteiger partial charge >= 0.3 is 12.7 Å². The van der Waals surface area contributed by atoms with Gasteiger partial charge in [-0.15, -0.1) is 0 Å². The fourth-order valence-corrected chi connectivity index (χ4v) is 1.68. The fraction of sp³-hybridized carbons (Fsp3) is 0.467. The summed E-state index contributed by atoms with van der Waals surface area (Å²) >= 11 is 0. The number of amides is 1. The molecule has 0 aliphatic rings. The summed E-state index contributed by atoms with van der Waals surface area (Å²) in [7, 11) is 0. The Morgan fingerprint density at radius 2 is 1.91 bits per heavy atom. The number of alkyl carbamates (subject to hydrolysis) is 1. The van der Waals surface area contributed by atoms with Crippen molar-refractivity contribution in [2.24, 2.45) is 0 Å². The molecule has 0 aliphatic carbocycles. The zero-order valence-electron chi connectivity index (χ0n) is 12.9. The van der Waals surface area contributed by atoms with Crippen molar-refractivity contribution < 1.29 is 27.8 Å². The second-order valence-corrected chi connectivity index (χ2v) is 5.85. The first-order chi connectivity index (χ1) is 10.1. The largest absolute Gasteiger partial charge is 0.444 e. The van der Waals surface area contributed by atoms with Crippen molar-refractivity contribution in [1.29, 1.82) is 0 Å². The minimum Gasteiger partial charge on any atom is -0.444 e. The van der Waals surface area contributed by atoms with Crippen molar-refractivity contribution in [2.45, 2.75) is 45.4 Å². The molecule has 1 rings (SSSR count). The van der Waals surface area contributed by atoms with E-state index in [0.29, 0.717) is 11.8 Å². The zero-order valence-corrected chi connectivity index (χ0v) is 12.9. The molecule has 0 saturated carbocycles. The molecule has 5 nitrogen and oxygen atoms in total. The first-order valence-corrected chi connectivity index (χ1v) is 6.58. The summed E-state index contributed by atoms with van der Waals surface area (Å²) < 4.78 is 33.9. The van der Waals surface area contributed by atoms with Crippen LogP contribution in [0.4, 0.5) is 13.6 Å². The second kappa shape index (κ2) is 6.72. The minimum absolute atomic E-state index is 0.105. The fourth-order valence-electron chi connectivity index (χ4n) is 1.68. The lowest BCUT2D eigenvalue weighted by Crippen LogP contribution is -2.46. The molecule has 0 spiro atoms. The van der Waals surface area contributed by atoms with Crippen LogP contribution in [0.5, 0.6) is 5.75 Å². The van der Waals surface area contributed by atoms with Crippen LogP contribution in [0.1, 0.15) is 33.3 Å². The maximum Gasteiger partial charge on any atom is 0.408 e. The van der Waals surface area contributed by atoms with Gasteiger partial charge in [-0.05, 0) is 45.4 Å². The van der Waals surface area contributed by atoms with Gasteiger partial charge in [-0.2, -0.15) is 8.78 Å². The van der Waals surface area contributed by atoms with E-state index in [9.17, 15) is 18.4 Å². The SMILES string of the molecule is CC(C)(C)OC(=O)NC(C)(C=O)c1cccc(OC(F)F)c1. The third kappa shape index (κ3) is 5.31. The molecule has 122 valence electrons. The van der Waals surface area contributed by atoms with Crippen molar-refractivity contribution in [2.75, 3.05) is 0 Å². The lowest BCUT2D eigenvalue weighted by molar-refractivity contribution is -0.113. The van der Waals surface area contributed by atoms with Crippen molar-refractivity contribution in [1.82, 2.24) is 5.32 Å². The van der Waals surface area contributed by atoms with E-state index in [0.717, 1.165) is 0 Å². The van der Waals surface area contributed by atoms with Gasteiger partial charge in [0, 0.05) is 0 Å². The van der Waals surface area contributed by atoms with Crippen LogP contribution in [-0.4, -0.2) is 24.6 Å². The predicted octanol–water partition coefficient (Wildman–Crippen LogP) is 3.23.